The lowest BCUT2D eigenvalue weighted by atomic mass is 10.0. The molecule has 0 amide bonds. The standard InChI is InChI=1S/C23H28O5/c1-4-5-14-27-15-16-28-21-10-6-18(7-11-21)19-8-12-22(25-2)20(17-19)9-13-23(24)26-3/h6-13,17H,4-5,14-16H2,1-3H3/b13-9-. The molecule has 2 rings (SSSR count). The van der Waals surface area contributed by atoms with E-state index in [0.29, 0.717) is 19.0 Å². The van der Waals surface area contributed by atoms with Gasteiger partial charge in [0.2, 0.25) is 0 Å². The summed E-state index contributed by atoms with van der Waals surface area (Å²) in [6.45, 7) is 4.05. The molecule has 0 aliphatic heterocycles. The summed E-state index contributed by atoms with van der Waals surface area (Å²) in [5.74, 6) is 1.08. The Kier molecular flexibility index (Phi) is 9.08. The van der Waals surface area contributed by atoms with Gasteiger partial charge in [-0.25, -0.2) is 4.79 Å². The minimum absolute atomic E-state index is 0.410. The van der Waals surface area contributed by atoms with Crippen LogP contribution in [0, 0.1) is 0 Å². The number of ether oxygens (including phenoxy) is 4. The van der Waals surface area contributed by atoms with Crippen molar-refractivity contribution in [2.24, 2.45) is 0 Å². The van der Waals surface area contributed by atoms with Gasteiger partial charge in [0.1, 0.15) is 18.1 Å². The Labute approximate surface area is 166 Å². The molecule has 0 radical (unpaired) electrons. The van der Waals surface area contributed by atoms with Crippen LogP contribution in [0.3, 0.4) is 0 Å². The van der Waals surface area contributed by atoms with Crippen LogP contribution in [0.2, 0.25) is 0 Å². The number of rotatable bonds is 11. The van der Waals surface area contributed by atoms with Crippen molar-refractivity contribution in [1.29, 1.82) is 0 Å². The van der Waals surface area contributed by atoms with E-state index in [4.69, 9.17) is 14.2 Å². The maximum absolute atomic E-state index is 11.4. The van der Waals surface area contributed by atoms with Crippen LogP contribution in [-0.2, 0) is 14.3 Å². The van der Waals surface area contributed by atoms with Crippen molar-refractivity contribution in [2.75, 3.05) is 34.0 Å². The lowest BCUT2D eigenvalue weighted by molar-refractivity contribution is -0.134. The minimum Gasteiger partial charge on any atom is -0.496 e. The van der Waals surface area contributed by atoms with Gasteiger partial charge in [0.05, 0.1) is 20.8 Å². The fraction of sp³-hybridized carbons (Fsp3) is 0.348. The molecule has 0 aliphatic rings. The smallest absolute Gasteiger partial charge is 0.330 e. The third kappa shape index (κ3) is 6.74. The maximum Gasteiger partial charge on any atom is 0.330 e. The van der Waals surface area contributed by atoms with Crippen molar-refractivity contribution in [2.45, 2.75) is 19.8 Å². The molecule has 0 heterocycles. The molecular formula is C23H28O5. The first kappa shape index (κ1) is 21.5. The Hall–Kier alpha value is -2.79. The van der Waals surface area contributed by atoms with Crippen LogP contribution in [-0.4, -0.2) is 40.0 Å². The largest absolute Gasteiger partial charge is 0.496 e. The van der Waals surface area contributed by atoms with E-state index in [1.807, 2.05) is 42.5 Å². The number of carbonyl (C=O) groups is 1. The molecule has 0 N–H and O–H groups in total. The summed E-state index contributed by atoms with van der Waals surface area (Å²) in [6, 6.07) is 13.7. The Bertz CT molecular complexity index is 765. The molecule has 2 aromatic carbocycles. The van der Waals surface area contributed by atoms with E-state index in [9.17, 15) is 4.79 Å². The van der Waals surface area contributed by atoms with Crippen molar-refractivity contribution in [3.63, 3.8) is 0 Å². The van der Waals surface area contributed by atoms with Gasteiger partial charge in [0, 0.05) is 18.2 Å². The van der Waals surface area contributed by atoms with Gasteiger partial charge in [0.15, 0.2) is 0 Å². The third-order valence-corrected chi connectivity index (χ3v) is 4.16. The zero-order valence-electron chi connectivity index (χ0n) is 16.8. The number of benzene rings is 2. The molecule has 0 spiro atoms. The summed E-state index contributed by atoms with van der Waals surface area (Å²) in [6.07, 6.45) is 5.27. The fourth-order valence-corrected chi connectivity index (χ4v) is 2.58. The summed E-state index contributed by atoms with van der Waals surface area (Å²) in [4.78, 5) is 11.4. The average molecular weight is 384 g/mol. The quantitative estimate of drug-likeness (QED) is 0.318. The Morgan fingerprint density at radius 3 is 2.39 bits per heavy atom. The molecule has 0 aromatic heterocycles. The first-order chi connectivity index (χ1) is 13.7. The highest BCUT2D eigenvalue weighted by Gasteiger charge is 2.05. The molecular weight excluding hydrogens is 356 g/mol. The van der Waals surface area contributed by atoms with Gasteiger partial charge in [-0.05, 0) is 47.9 Å². The first-order valence-electron chi connectivity index (χ1n) is 9.43. The van der Waals surface area contributed by atoms with E-state index in [2.05, 4.69) is 11.7 Å². The third-order valence-electron chi connectivity index (χ3n) is 4.16. The van der Waals surface area contributed by atoms with Crippen LogP contribution < -0.4 is 9.47 Å². The van der Waals surface area contributed by atoms with E-state index in [-0.39, 0.29) is 0 Å². The molecule has 5 heteroatoms. The van der Waals surface area contributed by atoms with Crippen molar-refractivity contribution in [3.8, 4) is 22.6 Å². The summed E-state index contributed by atoms with van der Waals surface area (Å²) in [7, 11) is 2.95. The van der Waals surface area contributed by atoms with Gasteiger partial charge in [-0.3, -0.25) is 0 Å². The zero-order chi connectivity index (χ0) is 20.2. The number of hydrogen-bond donors (Lipinski definition) is 0. The van der Waals surface area contributed by atoms with Crippen LogP contribution in [0.4, 0.5) is 0 Å². The minimum atomic E-state index is -0.410. The van der Waals surface area contributed by atoms with Crippen molar-refractivity contribution >= 4 is 12.0 Å². The second-order valence-electron chi connectivity index (χ2n) is 6.15. The van der Waals surface area contributed by atoms with E-state index < -0.39 is 5.97 Å². The SMILES string of the molecule is CCCCOCCOc1ccc(-c2ccc(OC)c(/C=C\C(=O)OC)c2)cc1. The molecule has 150 valence electrons. The molecule has 0 aliphatic carbocycles. The van der Waals surface area contributed by atoms with E-state index in [1.165, 1.54) is 13.2 Å². The molecule has 0 bridgehead atoms. The molecule has 0 unspecified atom stereocenters. The lowest BCUT2D eigenvalue weighted by Gasteiger charge is -2.10. The second kappa shape index (κ2) is 11.8. The number of esters is 1. The predicted molar refractivity (Wildman–Crippen MR) is 111 cm³/mol. The summed E-state index contributed by atoms with van der Waals surface area (Å²) in [5.41, 5.74) is 2.86. The Morgan fingerprint density at radius 2 is 1.71 bits per heavy atom. The summed E-state index contributed by atoms with van der Waals surface area (Å²) < 4.78 is 21.2. The van der Waals surface area contributed by atoms with Crippen molar-refractivity contribution < 1.29 is 23.7 Å². The normalized spacial score (nSPS) is 10.8. The summed E-state index contributed by atoms with van der Waals surface area (Å²) in [5, 5.41) is 0. The van der Waals surface area contributed by atoms with Gasteiger partial charge < -0.3 is 18.9 Å². The highest BCUT2D eigenvalue weighted by atomic mass is 16.5. The molecule has 28 heavy (non-hydrogen) atoms. The molecule has 0 saturated heterocycles. The average Bonchev–Trinajstić information content (AvgIpc) is 2.74. The molecule has 5 nitrogen and oxygen atoms in total. The first-order valence-corrected chi connectivity index (χ1v) is 9.43. The lowest BCUT2D eigenvalue weighted by Crippen LogP contribution is -2.07. The predicted octanol–water partition coefficient (Wildman–Crippen LogP) is 4.74. The molecule has 0 atom stereocenters. The monoisotopic (exact) mass is 384 g/mol. The van der Waals surface area contributed by atoms with Gasteiger partial charge in [-0.1, -0.05) is 31.5 Å². The number of hydrogen-bond acceptors (Lipinski definition) is 5. The van der Waals surface area contributed by atoms with E-state index in [1.54, 1.807) is 13.2 Å². The van der Waals surface area contributed by atoms with Crippen LogP contribution in [0.15, 0.2) is 48.5 Å². The number of carbonyl (C=O) groups excluding carboxylic acids is 1. The van der Waals surface area contributed by atoms with E-state index >= 15 is 0 Å². The Morgan fingerprint density at radius 1 is 0.964 bits per heavy atom. The number of methoxy groups -OCH3 is 2. The van der Waals surface area contributed by atoms with Crippen LogP contribution in [0.25, 0.3) is 17.2 Å². The van der Waals surface area contributed by atoms with Gasteiger partial charge in [-0.15, -0.1) is 0 Å². The zero-order valence-corrected chi connectivity index (χ0v) is 16.8. The van der Waals surface area contributed by atoms with Gasteiger partial charge in [0.25, 0.3) is 0 Å². The Balaban J connectivity index is 2.02. The van der Waals surface area contributed by atoms with Crippen molar-refractivity contribution in [3.05, 3.63) is 54.1 Å². The fourth-order valence-electron chi connectivity index (χ4n) is 2.58. The van der Waals surface area contributed by atoms with Gasteiger partial charge in [-0.2, -0.15) is 0 Å². The topological polar surface area (TPSA) is 54.0 Å². The van der Waals surface area contributed by atoms with Gasteiger partial charge >= 0.3 is 5.97 Å². The number of unbranched alkanes of at least 4 members (excludes halogenated alkanes) is 1. The summed E-state index contributed by atoms with van der Waals surface area (Å²) >= 11 is 0. The van der Waals surface area contributed by atoms with E-state index in [0.717, 1.165) is 41.9 Å². The highest BCUT2D eigenvalue weighted by molar-refractivity contribution is 5.88. The maximum atomic E-state index is 11.4. The highest BCUT2D eigenvalue weighted by Crippen LogP contribution is 2.28. The molecule has 2 aromatic rings. The second-order valence-corrected chi connectivity index (χ2v) is 6.15. The molecule has 0 fully saturated rings. The van der Waals surface area contributed by atoms with Crippen LogP contribution >= 0.6 is 0 Å². The van der Waals surface area contributed by atoms with Crippen molar-refractivity contribution in [1.82, 2.24) is 0 Å². The van der Waals surface area contributed by atoms with Crippen LogP contribution in [0.5, 0.6) is 11.5 Å². The molecule has 0 saturated carbocycles. The van der Waals surface area contributed by atoms with Crippen LogP contribution in [0.1, 0.15) is 25.3 Å².